The molecule has 8 aromatic rings. The minimum absolute atomic E-state index is 1.19. The third kappa shape index (κ3) is 2.76. The Labute approximate surface area is 212 Å². The van der Waals surface area contributed by atoms with E-state index in [1.54, 1.807) is 0 Å². The van der Waals surface area contributed by atoms with E-state index in [4.69, 9.17) is 0 Å². The Kier molecular flexibility index (Phi) is 4.16. The average molecular weight is 476 g/mol. The van der Waals surface area contributed by atoms with Gasteiger partial charge in [0.1, 0.15) is 0 Å². The molecule has 0 spiro atoms. The molecule has 0 aliphatic carbocycles. The van der Waals surface area contributed by atoms with Gasteiger partial charge in [0.25, 0.3) is 0 Å². The SMILES string of the molecule is c1ccc(-c2ccc(-n3c4ccccc4c4ccc5c(sc6ccc7ccccc7c65)c43)cc2)cc1. The molecule has 168 valence electrons. The van der Waals surface area contributed by atoms with Crippen LogP contribution in [0.5, 0.6) is 0 Å². The fraction of sp³-hybridized carbons (Fsp3) is 0. The lowest BCUT2D eigenvalue weighted by atomic mass is 10.0. The molecule has 0 saturated heterocycles. The zero-order valence-electron chi connectivity index (χ0n) is 19.5. The van der Waals surface area contributed by atoms with E-state index in [1.165, 1.54) is 69.6 Å². The summed E-state index contributed by atoms with van der Waals surface area (Å²) in [5.74, 6) is 0. The number of benzene rings is 6. The molecule has 2 heteroatoms. The van der Waals surface area contributed by atoms with Crippen LogP contribution < -0.4 is 0 Å². The highest BCUT2D eigenvalue weighted by atomic mass is 32.1. The second-order valence-electron chi connectivity index (χ2n) is 9.37. The molecule has 8 rings (SSSR count). The van der Waals surface area contributed by atoms with Gasteiger partial charge in [-0.3, -0.25) is 0 Å². The third-order valence-electron chi connectivity index (χ3n) is 7.39. The number of fused-ring (bicyclic) bond motifs is 9. The summed E-state index contributed by atoms with van der Waals surface area (Å²) in [6, 6.07) is 46.3. The Morgan fingerprint density at radius 3 is 2.03 bits per heavy atom. The lowest BCUT2D eigenvalue weighted by Crippen LogP contribution is -1.93. The fourth-order valence-electron chi connectivity index (χ4n) is 5.75. The molecule has 2 heterocycles. The number of para-hydroxylation sites is 1. The average Bonchev–Trinajstić information content (AvgIpc) is 3.50. The van der Waals surface area contributed by atoms with Crippen LogP contribution in [-0.2, 0) is 0 Å². The van der Waals surface area contributed by atoms with Crippen LogP contribution in [0.4, 0.5) is 0 Å². The number of thiophene rings is 1. The van der Waals surface area contributed by atoms with Crippen molar-refractivity contribution >= 4 is 64.1 Å². The van der Waals surface area contributed by atoms with Gasteiger partial charge >= 0.3 is 0 Å². The van der Waals surface area contributed by atoms with E-state index < -0.39 is 0 Å². The second kappa shape index (κ2) is 7.55. The van der Waals surface area contributed by atoms with Crippen LogP contribution in [0.1, 0.15) is 0 Å². The van der Waals surface area contributed by atoms with E-state index in [9.17, 15) is 0 Å². The molecule has 0 N–H and O–H groups in total. The molecule has 0 radical (unpaired) electrons. The van der Waals surface area contributed by atoms with Gasteiger partial charge in [0.05, 0.1) is 15.7 Å². The first-order chi connectivity index (χ1) is 17.9. The Hall–Kier alpha value is -4.40. The van der Waals surface area contributed by atoms with Crippen molar-refractivity contribution < 1.29 is 0 Å². The zero-order valence-corrected chi connectivity index (χ0v) is 20.3. The minimum Gasteiger partial charge on any atom is -0.308 e. The lowest BCUT2D eigenvalue weighted by molar-refractivity contribution is 1.19. The molecule has 0 bridgehead atoms. The number of nitrogens with zero attached hydrogens (tertiary/aromatic N) is 1. The summed E-state index contributed by atoms with van der Waals surface area (Å²) < 4.78 is 5.15. The van der Waals surface area contributed by atoms with Crippen molar-refractivity contribution in [1.82, 2.24) is 4.57 Å². The van der Waals surface area contributed by atoms with Crippen molar-refractivity contribution in [1.29, 1.82) is 0 Å². The second-order valence-corrected chi connectivity index (χ2v) is 10.4. The van der Waals surface area contributed by atoms with Gasteiger partial charge in [-0.25, -0.2) is 0 Å². The summed E-state index contributed by atoms with van der Waals surface area (Å²) >= 11 is 1.91. The molecule has 1 nitrogen and oxygen atoms in total. The van der Waals surface area contributed by atoms with E-state index in [-0.39, 0.29) is 0 Å². The fourth-order valence-corrected chi connectivity index (χ4v) is 7.01. The van der Waals surface area contributed by atoms with Gasteiger partial charge in [-0.15, -0.1) is 11.3 Å². The predicted octanol–water partition coefficient (Wildman–Crippen LogP) is 9.97. The summed E-state index contributed by atoms with van der Waals surface area (Å²) in [6.45, 7) is 0. The summed E-state index contributed by atoms with van der Waals surface area (Å²) in [5, 5.41) is 7.93. The maximum atomic E-state index is 2.46. The molecule has 0 saturated carbocycles. The Morgan fingerprint density at radius 2 is 1.17 bits per heavy atom. The highest BCUT2D eigenvalue weighted by Gasteiger charge is 2.18. The summed E-state index contributed by atoms with van der Waals surface area (Å²) in [4.78, 5) is 0. The van der Waals surface area contributed by atoms with Gasteiger partial charge < -0.3 is 4.57 Å². The topological polar surface area (TPSA) is 4.93 Å². The first-order valence-electron chi connectivity index (χ1n) is 12.3. The molecule has 0 amide bonds. The molecule has 0 fully saturated rings. The van der Waals surface area contributed by atoms with Gasteiger partial charge in [0, 0.05) is 31.9 Å². The summed E-state index contributed by atoms with van der Waals surface area (Å²) in [6.07, 6.45) is 0. The predicted molar refractivity (Wildman–Crippen MR) is 157 cm³/mol. The number of rotatable bonds is 2. The molecule has 36 heavy (non-hydrogen) atoms. The first-order valence-corrected chi connectivity index (χ1v) is 13.1. The standard InChI is InChI=1S/C34H21NS/c1-2-8-22(9-3-1)23-14-17-25(18-15-23)35-30-13-7-6-12-27(30)28-19-20-29-32-26-11-5-4-10-24(26)16-21-31(32)36-34(29)33(28)35/h1-21H. The maximum Gasteiger partial charge on any atom is 0.0719 e. The van der Waals surface area contributed by atoms with Gasteiger partial charge in [0.15, 0.2) is 0 Å². The van der Waals surface area contributed by atoms with Gasteiger partial charge in [0.2, 0.25) is 0 Å². The van der Waals surface area contributed by atoms with Crippen LogP contribution in [0.25, 0.3) is 69.6 Å². The van der Waals surface area contributed by atoms with Crippen molar-refractivity contribution in [2.24, 2.45) is 0 Å². The zero-order chi connectivity index (χ0) is 23.6. The van der Waals surface area contributed by atoms with Crippen LogP contribution in [0.15, 0.2) is 127 Å². The van der Waals surface area contributed by atoms with Crippen molar-refractivity contribution in [2.75, 3.05) is 0 Å². The number of aromatic nitrogens is 1. The van der Waals surface area contributed by atoms with Crippen LogP contribution >= 0.6 is 11.3 Å². The molecule has 0 atom stereocenters. The molecular formula is C34H21NS. The molecule has 0 aliphatic rings. The Balaban J connectivity index is 1.48. The van der Waals surface area contributed by atoms with Crippen LogP contribution in [0.2, 0.25) is 0 Å². The summed E-state index contributed by atoms with van der Waals surface area (Å²) in [5.41, 5.74) is 6.21. The Morgan fingerprint density at radius 1 is 0.472 bits per heavy atom. The van der Waals surface area contributed by atoms with E-state index in [1.807, 2.05) is 11.3 Å². The monoisotopic (exact) mass is 475 g/mol. The lowest BCUT2D eigenvalue weighted by Gasteiger charge is -2.10. The van der Waals surface area contributed by atoms with Crippen molar-refractivity contribution in [3.05, 3.63) is 127 Å². The highest BCUT2D eigenvalue weighted by Crippen LogP contribution is 2.44. The maximum absolute atomic E-state index is 2.46. The molecule has 6 aromatic carbocycles. The molecule has 2 aromatic heterocycles. The Bertz CT molecular complexity index is 2080. The molecular weight excluding hydrogens is 454 g/mol. The smallest absolute Gasteiger partial charge is 0.0719 e. The normalized spacial score (nSPS) is 11.9. The van der Waals surface area contributed by atoms with Crippen molar-refractivity contribution in [3.63, 3.8) is 0 Å². The van der Waals surface area contributed by atoms with Crippen molar-refractivity contribution in [3.8, 4) is 16.8 Å². The van der Waals surface area contributed by atoms with E-state index >= 15 is 0 Å². The number of hydrogen-bond donors (Lipinski definition) is 0. The highest BCUT2D eigenvalue weighted by molar-refractivity contribution is 7.26. The summed E-state index contributed by atoms with van der Waals surface area (Å²) in [7, 11) is 0. The van der Waals surface area contributed by atoms with Crippen LogP contribution in [0, 0.1) is 0 Å². The van der Waals surface area contributed by atoms with E-state index in [2.05, 4.69) is 132 Å². The van der Waals surface area contributed by atoms with E-state index in [0.29, 0.717) is 0 Å². The van der Waals surface area contributed by atoms with Crippen LogP contribution in [-0.4, -0.2) is 4.57 Å². The molecule has 0 unspecified atom stereocenters. The van der Waals surface area contributed by atoms with Gasteiger partial charge in [-0.1, -0.05) is 103 Å². The van der Waals surface area contributed by atoms with Crippen LogP contribution in [0.3, 0.4) is 0 Å². The van der Waals surface area contributed by atoms with Gasteiger partial charge in [-0.2, -0.15) is 0 Å². The minimum atomic E-state index is 1.19. The van der Waals surface area contributed by atoms with E-state index in [0.717, 1.165) is 0 Å². The first kappa shape index (κ1) is 19.9. The quantitative estimate of drug-likeness (QED) is 0.234. The third-order valence-corrected chi connectivity index (χ3v) is 8.57. The molecule has 0 aliphatic heterocycles. The largest absolute Gasteiger partial charge is 0.308 e. The number of hydrogen-bond acceptors (Lipinski definition) is 1. The van der Waals surface area contributed by atoms with Crippen molar-refractivity contribution in [2.45, 2.75) is 0 Å². The van der Waals surface area contributed by atoms with Gasteiger partial charge in [-0.05, 0) is 46.2 Å².